The van der Waals surface area contributed by atoms with E-state index in [1.807, 2.05) is 0 Å². The maximum absolute atomic E-state index is 8.06. The molecule has 5 heteroatoms. The molecule has 94 valence electrons. The highest BCUT2D eigenvalue weighted by molar-refractivity contribution is 4.21. The lowest BCUT2D eigenvalue weighted by atomic mass is 10.5. The van der Waals surface area contributed by atoms with E-state index in [2.05, 4.69) is 0 Å². The molecule has 0 atom stereocenters. The van der Waals surface area contributed by atoms with E-state index in [1.54, 1.807) is 41.5 Å². The lowest BCUT2D eigenvalue weighted by Crippen LogP contribution is -1.85. The molecule has 0 radical (unpaired) electrons. The number of hydrogen-bond donors (Lipinski definition) is 5. The van der Waals surface area contributed by atoms with Gasteiger partial charge in [0.15, 0.2) is 0 Å². The van der Waals surface area contributed by atoms with Crippen molar-refractivity contribution in [3.05, 3.63) is 0 Å². The molecule has 0 saturated heterocycles. The molecule has 14 heavy (non-hydrogen) atoms. The van der Waals surface area contributed by atoms with Crippen LogP contribution in [-0.2, 0) is 0 Å². The first-order valence-corrected chi connectivity index (χ1v) is 4.24. The lowest BCUT2D eigenvalue weighted by Gasteiger charge is -1.80. The molecule has 0 aliphatic rings. The van der Waals surface area contributed by atoms with Crippen LogP contribution in [0, 0.1) is 0 Å². The average Bonchev–Trinajstić information content (AvgIpc) is 1.54. The quantitative estimate of drug-likeness (QED) is 0.417. The smallest absolute Gasteiger partial charge is 0.0483 e. The Kier molecular flexibility index (Phi) is 48.0. The van der Waals surface area contributed by atoms with Gasteiger partial charge in [-0.3, -0.25) is 0 Å². The summed E-state index contributed by atoms with van der Waals surface area (Å²) >= 11 is 0. The molecule has 5 nitrogen and oxygen atoms in total. The zero-order valence-corrected chi connectivity index (χ0v) is 10.5. The van der Waals surface area contributed by atoms with Crippen LogP contribution in [0.3, 0.4) is 0 Å². The van der Waals surface area contributed by atoms with Crippen LogP contribution in [0.25, 0.3) is 0 Å². The molecular weight excluding hydrogens is 184 g/mol. The highest BCUT2D eigenvalue weighted by Crippen LogP contribution is 1.65. The van der Waals surface area contributed by atoms with Gasteiger partial charge in [0.25, 0.3) is 0 Å². The van der Waals surface area contributed by atoms with Crippen molar-refractivity contribution in [2.75, 3.05) is 0 Å². The van der Waals surface area contributed by atoms with E-state index in [0.29, 0.717) is 0 Å². The fourth-order valence-corrected chi connectivity index (χ4v) is 0. The molecule has 0 fully saturated rings. The Hall–Kier alpha value is -0.200. The van der Waals surface area contributed by atoms with Gasteiger partial charge in [0.05, 0.1) is 0 Å². The Morgan fingerprint density at radius 2 is 0.500 bits per heavy atom. The van der Waals surface area contributed by atoms with Crippen LogP contribution in [0.1, 0.15) is 41.5 Å². The van der Waals surface area contributed by atoms with Crippen molar-refractivity contribution < 1.29 is 15.3 Å². The molecule has 0 unspecified atom stereocenters. The minimum absolute atomic E-state index is 0. The van der Waals surface area contributed by atoms with Crippen molar-refractivity contribution >= 4 is 0 Å². The van der Waals surface area contributed by atoms with Gasteiger partial charge in [-0.1, -0.05) is 0 Å². The van der Waals surface area contributed by atoms with Crippen molar-refractivity contribution in [1.82, 2.24) is 12.3 Å². The van der Waals surface area contributed by atoms with Gasteiger partial charge in [-0.25, -0.2) is 0 Å². The minimum atomic E-state index is -0.167. The van der Waals surface area contributed by atoms with E-state index in [0.717, 1.165) is 0 Å². The van der Waals surface area contributed by atoms with Crippen LogP contribution in [-0.4, -0.2) is 33.6 Å². The molecule has 0 aromatic carbocycles. The zero-order valence-electron chi connectivity index (χ0n) is 10.5. The summed E-state index contributed by atoms with van der Waals surface area (Å²) < 4.78 is 0. The van der Waals surface area contributed by atoms with E-state index in [-0.39, 0.29) is 30.6 Å². The van der Waals surface area contributed by atoms with Crippen LogP contribution in [0.4, 0.5) is 0 Å². The minimum Gasteiger partial charge on any atom is -0.394 e. The van der Waals surface area contributed by atoms with Gasteiger partial charge < -0.3 is 27.6 Å². The summed E-state index contributed by atoms with van der Waals surface area (Å²) in [5.74, 6) is 0. The average molecular weight is 214 g/mol. The molecule has 0 bridgehead atoms. The first-order valence-electron chi connectivity index (χ1n) is 4.24. The predicted octanol–water partition coefficient (Wildman–Crippen LogP) is 1.49. The van der Waals surface area contributed by atoms with Gasteiger partial charge in [0, 0.05) is 18.3 Å². The van der Waals surface area contributed by atoms with E-state index in [4.69, 9.17) is 15.3 Å². The van der Waals surface area contributed by atoms with Crippen LogP contribution >= 0.6 is 0 Å². The first-order chi connectivity index (χ1) is 5.20. The maximum Gasteiger partial charge on any atom is 0.0483 e. The molecule has 0 saturated carbocycles. The highest BCUT2D eigenvalue weighted by atomic mass is 16.3. The Bertz CT molecular complexity index is 46.5. The zero-order chi connectivity index (χ0) is 10.7. The van der Waals surface area contributed by atoms with Crippen LogP contribution in [0.5, 0.6) is 0 Å². The van der Waals surface area contributed by atoms with Crippen molar-refractivity contribution in [3.8, 4) is 0 Å². The molecule has 0 aliphatic carbocycles. The second-order valence-corrected chi connectivity index (χ2v) is 3.28. The van der Waals surface area contributed by atoms with E-state index in [1.165, 1.54) is 0 Å². The number of aliphatic hydroxyl groups is 3. The molecule has 0 aliphatic heterocycles. The van der Waals surface area contributed by atoms with Crippen molar-refractivity contribution in [2.45, 2.75) is 59.9 Å². The van der Waals surface area contributed by atoms with Crippen LogP contribution < -0.4 is 12.3 Å². The van der Waals surface area contributed by atoms with E-state index in [9.17, 15) is 0 Å². The van der Waals surface area contributed by atoms with E-state index < -0.39 is 0 Å². The van der Waals surface area contributed by atoms with Crippen molar-refractivity contribution in [2.24, 2.45) is 0 Å². The van der Waals surface area contributed by atoms with Gasteiger partial charge in [0.1, 0.15) is 0 Å². The normalized spacial score (nSPS) is 7.71. The summed E-state index contributed by atoms with van der Waals surface area (Å²) in [5.41, 5.74) is 0. The predicted molar refractivity (Wildman–Crippen MR) is 62.1 cm³/mol. The number of rotatable bonds is 0. The van der Waals surface area contributed by atoms with E-state index >= 15 is 0 Å². The van der Waals surface area contributed by atoms with Crippen LogP contribution in [0.2, 0.25) is 0 Å². The Morgan fingerprint density at radius 3 is 0.500 bits per heavy atom. The van der Waals surface area contributed by atoms with Crippen molar-refractivity contribution in [3.63, 3.8) is 0 Å². The Labute approximate surface area is 88.3 Å². The summed E-state index contributed by atoms with van der Waals surface area (Å²) in [5, 5.41) is 24.2. The SMILES string of the molecule is CC(C)O.CC(C)O.CC(C)O.N.N. The van der Waals surface area contributed by atoms with Gasteiger partial charge in [-0.2, -0.15) is 0 Å². The molecule has 0 rings (SSSR count). The fraction of sp³-hybridized carbons (Fsp3) is 1.00. The van der Waals surface area contributed by atoms with Gasteiger partial charge in [-0.05, 0) is 41.5 Å². The third kappa shape index (κ3) is 34400. The Balaban J connectivity index is -0.0000000270. The summed E-state index contributed by atoms with van der Waals surface area (Å²) in [4.78, 5) is 0. The molecule has 0 amide bonds. The second kappa shape index (κ2) is 23.0. The molecule has 0 heterocycles. The molecule has 0 aromatic heterocycles. The molecule has 9 N–H and O–H groups in total. The first kappa shape index (κ1) is 29.2. The highest BCUT2D eigenvalue weighted by Gasteiger charge is 1.70. The second-order valence-electron chi connectivity index (χ2n) is 3.28. The Morgan fingerprint density at radius 1 is 0.500 bits per heavy atom. The molecular formula is C9H30N2O3. The lowest BCUT2D eigenvalue weighted by molar-refractivity contribution is 0.215. The summed E-state index contributed by atoms with van der Waals surface area (Å²) in [6.45, 7) is 10.3. The van der Waals surface area contributed by atoms with Gasteiger partial charge in [-0.15, -0.1) is 0 Å². The fourth-order valence-electron chi connectivity index (χ4n) is 0. The summed E-state index contributed by atoms with van der Waals surface area (Å²) in [6, 6.07) is 0. The third-order valence-corrected chi connectivity index (χ3v) is 0. The van der Waals surface area contributed by atoms with Crippen molar-refractivity contribution in [1.29, 1.82) is 0 Å². The van der Waals surface area contributed by atoms with Gasteiger partial charge in [0.2, 0.25) is 0 Å². The number of hydrogen-bond acceptors (Lipinski definition) is 5. The molecule has 0 aromatic rings. The standard InChI is InChI=1S/3C3H8O.2H3N/c3*1-3(2)4;;/h3*3-4H,1-2H3;2*1H3. The maximum atomic E-state index is 8.06. The topological polar surface area (TPSA) is 131 Å². The summed E-state index contributed by atoms with van der Waals surface area (Å²) in [7, 11) is 0. The summed E-state index contributed by atoms with van der Waals surface area (Å²) in [6.07, 6.45) is -0.500. The van der Waals surface area contributed by atoms with Crippen LogP contribution in [0.15, 0.2) is 0 Å². The monoisotopic (exact) mass is 214 g/mol. The molecule has 0 spiro atoms. The number of aliphatic hydroxyl groups excluding tert-OH is 3. The van der Waals surface area contributed by atoms with Gasteiger partial charge >= 0.3 is 0 Å². The third-order valence-electron chi connectivity index (χ3n) is 0. The largest absolute Gasteiger partial charge is 0.394 e.